The third-order valence-electron chi connectivity index (χ3n) is 3.57. The molecule has 5 nitrogen and oxygen atoms in total. The van der Waals surface area contributed by atoms with Crippen molar-refractivity contribution in [2.45, 2.75) is 32.7 Å². The first kappa shape index (κ1) is 15.4. The molecule has 0 aromatic carbocycles. The lowest BCUT2D eigenvalue weighted by Gasteiger charge is -2.25. The smallest absolute Gasteiger partial charge is 0.230 e. The van der Waals surface area contributed by atoms with Gasteiger partial charge in [0.1, 0.15) is 0 Å². The summed E-state index contributed by atoms with van der Waals surface area (Å²) in [5, 5.41) is 8.66. The van der Waals surface area contributed by atoms with Gasteiger partial charge in [0.15, 0.2) is 5.13 Å². The third kappa shape index (κ3) is 4.54. The van der Waals surface area contributed by atoms with Crippen LogP contribution < -0.4 is 10.6 Å². The molecule has 1 saturated heterocycles. The molecule has 112 valence electrons. The molecule has 0 radical (unpaired) electrons. The number of carbonyl (C=O) groups is 1. The van der Waals surface area contributed by atoms with E-state index in [9.17, 15) is 4.79 Å². The Kier molecular flexibility index (Phi) is 5.94. The zero-order chi connectivity index (χ0) is 14.4. The number of nitrogens with one attached hydrogen (secondary N) is 2. The summed E-state index contributed by atoms with van der Waals surface area (Å²) in [6.45, 7) is 5.82. The second-order valence-corrected chi connectivity index (χ2v) is 6.29. The molecular formula is C14H24N4OS. The van der Waals surface area contributed by atoms with E-state index < -0.39 is 0 Å². The molecule has 1 aromatic heterocycles. The number of aromatic nitrogens is 1. The summed E-state index contributed by atoms with van der Waals surface area (Å²) in [4.78, 5) is 18.9. The van der Waals surface area contributed by atoms with Gasteiger partial charge in [0.05, 0.1) is 5.69 Å². The Morgan fingerprint density at radius 1 is 1.45 bits per heavy atom. The van der Waals surface area contributed by atoms with Gasteiger partial charge in [-0.3, -0.25) is 9.69 Å². The van der Waals surface area contributed by atoms with Crippen LogP contribution in [-0.4, -0.2) is 42.5 Å². The number of nitrogens with zero attached hydrogens (tertiary/aromatic N) is 2. The van der Waals surface area contributed by atoms with E-state index in [4.69, 9.17) is 0 Å². The lowest BCUT2D eigenvalue weighted by molar-refractivity contribution is -0.119. The van der Waals surface area contributed by atoms with Crippen molar-refractivity contribution >= 4 is 22.4 Å². The predicted molar refractivity (Wildman–Crippen MR) is 83.0 cm³/mol. The molecule has 2 N–H and O–H groups in total. The average Bonchev–Trinajstić information content (AvgIpc) is 2.87. The number of carbonyl (C=O) groups excluding carboxylic acids is 1. The summed E-state index contributed by atoms with van der Waals surface area (Å²) >= 11 is 1.51. The second kappa shape index (κ2) is 7.71. The Hall–Kier alpha value is -0.980. The van der Waals surface area contributed by atoms with E-state index in [1.54, 1.807) is 0 Å². The number of amides is 1. The van der Waals surface area contributed by atoms with E-state index in [0.717, 1.165) is 12.2 Å². The van der Waals surface area contributed by atoms with Gasteiger partial charge in [-0.25, -0.2) is 4.98 Å². The number of thiazole rings is 1. The molecule has 6 heteroatoms. The lowest BCUT2D eigenvalue weighted by atomic mass is 10.1. The van der Waals surface area contributed by atoms with Gasteiger partial charge in [0.2, 0.25) is 5.91 Å². The molecule has 1 aromatic rings. The van der Waals surface area contributed by atoms with Crippen LogP contribution in [0.4, 0.5) is 5.13 Å². The normalized spacial score (nSPS) is 17.9. The highest BCUT2D eigenvalue weighted by molar-refractivity contribution is 7.13. The highest BCUT2D eigenvalue weighted by Gasteiger charge is 2.15. The number of likely N-dealkylation sites (tertiary alicyclic amines) is 1. The summed E-state index contributed by atoms with van der Waals surface area (Å²) in [6.07, 6.45) is 3.92. The van der Waals surface area contributed by atoms with Crippen LogP contribution in [-0.2, 0) is 11.3 Å². The lowest BCUT2D eigenvalue weighted by Crippen LogP contribution is -2.29. The SMILES string of the molecule is CNCC(C)C(=O)Nc1nc(CN2CCCCC2)cs1. The van der Waals surface area contributed by atoms with E-state index in [1.807, 2.05) is 19.4 Å². The molecule has 2 rings (SSSR count). The van der Waals surface area contributed by atoms with Crippen LogP contribution in [0.25, 0.3) is 0 Å². The molecule has 1 amide bonds. The second-order valence-electron chi connectivity index (χ2n) is 5.43. The maximum atomic E-state index is 11.9. The minimum Gasteiger partial charge on any atom is -0.319 e. The largest absolute Gasteiger partial charge is 0.319 e. The monoisotopic (exact) mass is 296 g/mol. The van der Waals surface area contributed by atoms with Crippen molar-refractivity contribution in [3.05, 3.63) is 11.1 Å². The van der Waals surface area contributed by atoms with Gasteiger partial charge >= 0.3 is 0 Å². The molecule has 1 fully saturated rings. The topological polar surface area (TPSA) is 57.3 Å². The van der Waals surface area contributed by atoms with Crippen LogP contribution in [0.15, 0.2) is 5.38 Å². The van der Waals surface area contributed by atoms with Crippen molar-refractivity contribution in [2.24, 2.45) is 5.92 Å². The van der Waals surface area contributed by atoms with Crippen LogP contribution in [0.1, 0.15) is 31.9 Å². The minimum absolute atomic E-state index is 0.0261. The van der Waals surface area contributed by atoms with Crippen LogP contribution in [0, 0.1) is 5.92 Å². The first-order valence-electron chi connectivity index (χ1n) is 7.31. The highest BCUT2D eigenvalue weighted by Crippen LogP contribution is 2.19. The Morgan fingerprint density at radius 2 is 2.20 bits per heavy atom. The summed E-state index contributed by atoms with van der Waals surface area (Å²) < 4.78 is 0. The van der Waals surface area contributed by atoms with Crippen LogP contribution in [0.5, 0.6) is 0 Å². The van der Waals surface area contributed by atoms with Gasteiger partial charge < -0.3 is 10.6 Å². The van der Waals surface area contributed by atoms with E-state index in [0.29, 0.717) is 11.7 Å². The van der Waals surface area contributed by atoms with E-state index in [1.165, 1.54) is 43.7 Å². The molecule has 0 aliphatic carbocycles. The van der Waals surface area contributed by atoms with E-state index >= 15 is 0 Å². The van der Waals surface area contributed by atoms with Gasteiger partial charge in [-0.05, 0) is 33.0 Å². The summed E-state index contributed by atoms with van der Waals surface area (Å²) in [5.74, 6) is -0.0207. The zero-order valence-corrected chi connectivity index (χ0v) is 13.1. The average molecular weight is 296 g/mol. The molecule has 0 spiro atoms. The minimum atomic E-state index is -0.0468. The van der Waals surface area contributed by atoms with E-state index in [2.05, 4.69) is 20.5 Å². The fourth-order valence-corrected chi connectivity index (χ4v) is 3.12. The van der Waals surface area contributed by atoms with Crippen molar-refractivity contribution in [3.63, 3.8) is 0 Å². The van der Waals surface area contributed by atoms with Crippen molar-refractivity contribution in [1.82, 2.24) is 15.2 Å². The Balaban J connectivity index is 1.83. The van der Waals surface area contributed by atoms with Gasteiger partial charge in [0, 0.05) is 24.4 Å². The molecule has 20 heavy (non-hydrogen) atoms. The van der Waals surface area contributed by atoms with Crippen LogP contribution >= 0.6 is 11.3 Å². The van der Waals surface area contributed by atoms with Gasteiger partial charge in [-0.15, -0.1) is 11.3 Å². The first-order chi connectivity index (χ1) is 9.69. The van der Waals surface area contributed by atoms with Gasteiger partial charge in [0.25, 0.3) is 0 Å². The Morgan fingerprint density at radius 3 is 2.90 bits per heavy atom. The van der Waals surface area contributed by atoms with Crippen LogP contribution in [0.2, 0.25) is 0 Å². The number of rotatable bonds is 6. The summed E-state index contributed by atoms with van der Waals surface area (Å²) in [6, 6.07) is 0. The van der Waals surface area contributed by atoms with E-state index in [-0.39, 0.29) is 11.8 Å². The van der Waals surface area contributed by atoms with Crippen LogP contribution in [0.3, 0.4) is 0 Å². The van der Waals surface area contributed by atoms with Gasteiger partial charge in [-0.2, -0.15) is 0 Å². The molecule has 1 aliphatic rings. The maximum absolute atomic E-state index is 11.9. The molecule has 1 unspecified atom stereocenters. The van der Waals surface area contributed by atoms with Crippen molar-refractivity contribution < 1.29 is 4.79 Å². The maximum Gasteiger partial charge on any atom is 0.230 e. The summed E-state index contributed by atoms with van der Waals surface area (Å²) in [5.41, 5.74) is 1.06. The molecular weight excluding hydrogens is 272 g/mol. The zero-order valence-electron chi connectivity index (χ0n) is 12.3. The van der Waals surface area contributed by atoms with Crippen molar-refractivity contribution in [1.29, 1.82) is 0 Å². The standard InChI is InChI=1S/C14H24N4OS/c1-11(8-15-2)13(19)17-14-16-12(10-20-14)9-18-6-4-3-5-7-18/h10-11,15H,3-9H2,1-2H3,(H,16,17,19). The van der Waals surface area contributed by atoms with Crippen molar-refractivity contribution in [3.8, 4) is 0 Å². The molecule has 1 atom stereocenters. The summed E-state index contributed by atoms with van der Waals surface area (Å²) in [7, 11) is 1.85. The number of hydrogen-bond donors (Lipinski definition) is 2. The Labute approximate surface area is 124 Å². The van der Waals surface area contributed by atoms with Gasteiger partial charge in [-0.1, -0.05) is 13.3 Å². The number of anilines is 1. The fourth-order valence-electron chi connectivity index (χ4n) is 2.41. The predicted octanol–water partition coefficient (Wildman–Crippen LogP) is 1.92. The highest BCUT2D eigenvalue weighted by atomic mass is 32.1. The number of piperidine rings is 1. The number of hydrogen-bond acceptors (Lipinski definition) is 5. The Bertz CT molecular complexity index is 429. The molecule has 2 heterocycles. The molecule has 1 aliphatic heterocycles. The van der Waals surface area contributed by atoms with Crippen molar-refractivity contribution in [2.75, 3.05) is 32.0 Å². The molecule has 0 saturated carbocycles. The molecule has 0 bridgehead atoms. The fraction of sp³-hybridized carbons (Fsp3) is 0.714. The third-order valence-corrected chi connectivity index (χ3v) is 4.38. The first-order valence-corrected chi connectivity index (χ1v) is 8.19. The quantitative estimate of drug-likeness (QED) is 0.842.